The van der Waals surface area contributed by atoms with Crippen molar-refractivity contribution in [1.82, 2.24) is 15.8 Å². The third kappa shape index (κ3) is 4.69. The first-order valence-electron chi connectivity index (χ1n) is 7.71. The van der Waals surface area contributed by atoms with Gasteiger partial charge in [-0.1, -0.05) is 26.0 Å². The van der Waals surface area contributed by atoms with E-state index in [9.17, 15) is 9.59 Å². The van der Waals surface area contributed by atoms with Crippen molar-refractivity contribution in [2.45, 2.75) is 20.4 Å². The van der Waals surface area contributed by atoms with Crippen molar-refractivity contribution in [3.05, 3.63) is 58.0 Å². The first kappa shape index (κ1) is 18.2. The molecule has 0 bridgehead atoms. The standard InChI is InChI=1S/C17H20BrN3O3/c1-3-21(4-2)11-12-9-10-15(24-12)17(23)20-19-16(22)13-7-5-6-8-14(13)18/h5-10H,3-4,11H2,1-2H3,(H,19,22)(H,20,23). The highest BCUT2D eigenvalue weighted by Crippen LogP contribution is 2.15. The molecule has 24 heavy (non-hydrogen) atoms. The molecule has 1 aromatic heterocycles. The van der Waals surface area contributed by atoms with E-state index in [2.05, 4.69) is 45.5 Å². The largest absolute Gasteiger partial charge is 0.454 e. The molecule has 1 aromatic carbocycles. The van der Waals surface area contributed by atoms with Gasteiger partial charge in [0.2, 0.25) is 0 Å². The zero-order valence-corrected chi connectivity index (χ0v) is 15.2. The molecule has 2 amide bonds. The van der Waals surface area contributed by atoms with Crippen LogP contribution in [0.4, 0.5) is 0 Å². The summed E-state index contributed by atoms with van der Waals surface area (Å²) in [5.74, 6) is -0.0440. The molecule has 0 atom stereocenters. The van der Waals surface area contributed by atoms with Crippen molar-refractivity contribution in [3.8, 4) is 0 Å². The molecular weight excluding hydrogens is 374 g/mol. The smallest absolute Gasteiger partial charge is 0.305 e. The van der Waals surface area contributed by atoms with Gasteiger partial charge in [0.15, 0.2) is 5.76 Å². The van der Waals surface area contributed by atoms with Gasteiger partial charge in [-0.2, -0.15) is 0 Å². The molecule has 0 aliphatic rings. The average Bonchev–Trinajstić information content (AvgIpc) is 3.06. The number of halogens is 1. The fraction of sp³-hybridized carbons (Fsp3) is 0.294. The molecule has 2 rings (SSSR count). The van der Waals surface area contributed by atoms with E-state index in [1.165, 1.54) is 0 Å². The van der Waals surface area contributed by atoms with Crippen molar-refractivity contribution < 1.29 is 14.0 Å². The summed E-state index contributed by atoms with van der Waals surface area (Å²) in [6, 6.07) is 10.3. The lowest BCUT2D eigenvalue weighted by Crippen LogP contribution is -2.41. The molecule has 2 N–H and O–H groups in total. The van der Waals surface area contributed by atoms with Crippen LogP contribution in [0.15, 0.2) is 45.3 Å². The molecular formula is C17H20BrN3O3. The van der Waals surface area contributed by atoms with Gasteiger partial charge in [0, 0.05) is 4.47 Å². The number of furan rings is 1. The predicted molar refractivity (Wildman–Crippen MR) is 94.4 cm³/mol. The zero-order chi connectivity index (χ0) is 17.5. The number of carbonyl (C=O) groups is 2. The van der Waals surface area contributed by atoms with Crippen LogP contribution in [0.3, 0.4) is 0 Å². The lowest BCUT2D eigenvalue weighted by Gasteiger charge is -2.15. The van der Waals surface area contributed by atoms with Crippen molar-refractivity contribution in [3.63, 3.8) is 0 Å². The van der Waals surface area contributed by atoms with Crippen LogP contribution in [0.25, 0.3) is 0 Å². The molecule has 0 saturated heterocycles. The van der Waals surface area contributed by atoms with Crippen LogP contribution in [0.5, 0.6) is 0 Å². The number of nitrogens with zero attached hydrogens (tertiary/aromatic N) is 1. The normalized spacial score (nSPS) is 10.7. The Morgan fingerprint density at radius 2 is 1.71 bits per heavy atom. The lowest BCUT2D eigenvalue weighted by atomic mass is 10.2. The summed E-state index contributed by atoms with van der Waals surface area (Å²) in [6.07, 6.45) is 0. The summed E-state index contributed by atoms with van der Waals surface area (Å²) in [4.78, 5) is 26.3. The number of benzene rings is 1. The molecule has 0 aliphatic heterocycles. The molecule has 1 heterocycles. The van der Waals surface area contributed by atoms with Crippen molar-refractivity contribution in [2.24, 2.45) is 0 Å². The van der Waals surface area contributed by atoms with E-state index in [1.807, 2.05) is 0 Å². The minimum Gasteiger partial charge on any atom is -0.454 e. The number of amides is 2. The van der Waals surface area contributed by atoms with Gasteiger partial charge in [-0.15, -0.1) is 0 Å². The van der Waals surface area contributed by atoms with Crippen molar-refractivity contribution >= 4 is 27.7 Å². The maximum absolute atomic E-state index is 12.1. The molecule has 2 aromatic rings. The SMILES string of the molecule is CCN(CC)Cc1ccc(C(=O)NNC(=O)c2ccccc2Br)o1. The molecule has 6 nitrogen and oxygen atoms in total. The van der Waals surface area contributed by atoms with Gasteiger partial charge in [0.1, 0.15) is 5.76 Å². The minimum absolute atomic E-state index is 0.157. The maximum Gasteiger partial charge on any atom is 0.305 e. The summed E-state index contributed by atoms with van der Waals surface area (Å²) in [6.45, 7) is 6.58. The number of hydrogen-bond donors (Lipinski definition) is 2. The van der Waals surface area contributed by atoms with Crippen LogP contribution >= 0.6 is 15.9 Å². The molecule has 0 radical (unpaired) electrons. The Kier molecular flexibility index (Phi) is 6.57. The zero-order valence-electron chi connectivity index (χ0n) is 13.6. The Labute approximate surface area is 149 Å². The Balaban J connectivity index is 1.92. The second kappa shape index (κ2) is 8.65. The summed E-state index contributed by atoms with van der Waals surface area (Å²) >= 11 is 3.29. The summed E-state index contributed by atoms with van der Waals surface area (Å²) in [5.41, 5.74) is 5.15. The van der Waals surface area contributed by atoms with E-state index < -0.39 is 11.8 Å². The van der Waals surface area contributed by atoms with Gasteiger partial charge in [-0.25, -0.2) is 0 Å². The number of nitrogens with one attached hydrogen (secondary N) is 2. The fourth-order valence-electron chi connectivity index (χ4n) is 2.14. The van der Waals surface area contributed by atoms with Gasteiger partial charge in [0.05, 0.1) is 12.1 Å². The van der Waals surface area contributed by atoms with Gasteiger partial charge >= 0.3 is 5.91 Å². The van der Waals surface area contributed by atoms with E-state index in [1.54, 1.807) is 36.4 Å². The number of hydrogen-bond acceptors (Lipinski definition) is 4. The van der Waals surface area contributed by atoms with Crippen molar-refractivity contribution in [1.29, 1.82) is 0 Å². The maximum atomic E-state index is 12.1. The van der Waals surface area contributed by atoms with E-state index in [0.29, 0.717) is 22.3 Å². The second-order valence-corrected chi connectivity index (χ2v) is 5.97. The van der Waals surface area contributed by atoms with Gasteiger partial charge in [0.25, 0.3) is 5.91 Å². The van der Waals surface area contributed by atoms with E-state index in [0.717, 1.165) is 13.1 Å². The third-order valence-electron chi connectivity index (χ3n) is 3.57. The van der Waals surface area contributed by atoms with E-state index in [-0.39, 0.29) is 5.76 Å². The van der Waals surface area contributed by atoms with Crippen LogP contribution in [-0.4, -0.2) is 29.8 Å². The molecule has 0 aliphatic carbocycles. The van der Waals surface area contributed by atoms with Crippen LogP contribution in [0.1, 0.15) is 40.5 Å². The molecule has 0 spiro atoms. The number of rotatable bonds is 6. The number of carbonyl (C=O) groups excluding carboxylic acids is 2. The summed E-state index contributed by atoms with van der Waals surface area (Å²) in [7, 11) is 0. The Hall–Kier alpha value is -2.12. The second-order valence-electron chi connectivity index (χ2n) is 5.12. The minimum atomic E-state index is -0.499. The average molecular weight is 394 g/mol. The van der Waals surface area contributed by atoms with E-state index >= 15 is 0 Å². The molecule has 0 unspecified atom stereocenters. The number of hydrazine groups is 1. The third-order valence-corrected chi connectivity index (χ3v) is 4.26. The predicted octanol–water partition coefficient (Wildman–Crippen LogP) is 2.96. The molecule has 0 saturated carbocycles. The van der Waals surface area contributed by atoms with Crippen LogP contribution in [0, 0.1) is 0 Å². The summed E-state index contributed by atoms with van der Waals surface area (Å²) in [5, 5.41) is 0. The van der Waals surface area contributed by atoms with Gasteiger partial charge in [-0.05, 0) is 53.3 Å². The highest BCUT2D eigenvalue weighted by atomic mass is 79.9. The molecule has 128 valence electrons. The quantitative estimate of drug-likeness (QED) is 0.739. The highest BCUT2D eigenvalue weighted by molar-refractivity contribution is 9.10. The first-order chi connectivity index (χ1) is 11.5. The van der Waals surface area contributed by atoms with Crippen LogP contribution in [-0.2, 0) is 6.54 Å². The van der Waals surface area contributed by atoms with Crippen LogP contribution < -0.4 is 10.9 Å². The fourth-order valence-corrected chi connectivity index (χ4v) is 2.61. The topological polar surface area (TPSA) is 74.6 Å². The Bertz CT molecular complexity index is 711. The van der Waals surface area contributed by atoms with Gasteiger partial charge in [-0.3, -0.25) is 25.3 Å². The lowest BCUT2D eigenvalue weighted by molar-refractivity contribution is 0.0828. The molecule has 0 fully saturated rings. The molecule has 7 heteroatoms. The van der Waals surface area contributed by atoms with Gasteiger partial charge < -0.3 is 4.42 Å². The van der Waals surface area contributed by atoms with Crippen molar-refractivity contribution in [2.75, 3.05) is 13.1 Å². The highest BCUT2D eigenvalue weighted by Gasteiger charge is 2.15. The van der Waals surface area contributed by atoms with E-state index in [4.69, 9.17) is 4.42 Å². The Morgan fingerprint density at radius 3 is 2.38 bits per heavy atom. The summed E-state index contributed by atoms with van der Waals surface area (Å²) < 4.78 is 6.18. The van der Waals surface area contributed by atoms with Crippen LogP contribution in [0.2, 0.25) is 0 Å². The first-order valence-corrected chi connectivity index (χ1v) is 8.50. The Morgan fingerprint density at radius 1 is 1.04 bits per heavy atom. The monoisotopic (exact) mass is 393 g/mol.